The molecule has 0 unspecified atom stereocenters. The Morgan fingerprint density at radius 3 is 2.59 bits per heavy atom. The molecule has 17 heavy (non-hydrogen) atoms. The smallest absolute Gasteiger partial charge is 0.545 e. The van der Waals surface area contributed by atoms with E-state index in [9.17, 15) is 9.90 Å². The van der Waals surface area contributed by atoms with Gasteiger partial charge in [0.2, 0.25) is 0 Å². The Hall–Kier alpha value is -0.503. The minimum absolute atomic E-state index is 0. The molecule has 0 atom stereocenters. The van der Waals surface area contributed by atoms with E-state index in [1.165, 1.54) is 6.07 Å². The largest absolute Gasteiger partial charge is 1.00 e. The Bertz CT molecular complexity index is 404. The maximum atomic E-state index is 10.6. The van der Waals surface area contributed by atoms with E-state index in [2.05, 4.69) is 0 Å². The first-order valence-electron chi connectivity index (χ1n) is 4.90. The quantitative estimate of drug-likeness (QED) is 0.561. The van der Waals surface area contributed by atoms with Crippen molar-refractivity contribution >= 4 is 17.6 Å². The van der Waals surface area contributed by atoms with Crippen LogP contribution in [0.25, 0.3) is 0 Å². The molecule has 86 valence electrons. The van der Waals surface area contributed by atoms with Gasteiger partial charge in [-0.3, -0.25) is 0 Å². The van der Waals surface area contributed by atoms with Crippen LogP contribution in [0.1, 0.15) is 15.9 Å². The molecule has 1 fully saturated rings. The maximum Gasteiger partial charge on any atom is 1.00 e. The Balaban J connectivity index is 0.00000144. The Morgan fingerprint density at radius 2 is 2.06 bits per heavy atom. The first kappa shape index (κ1) is 14.6. The molecular weight excluding hydrogens is 239 g/mol. The van der Waals surface area contributed by atoms with Crippen LogP contribution in [-0.4, -0.2) is 25.5 Å². The van der Waals surface area contributed by atoms with E-state index in [-0.39, 0.29) is 35.7 Å². The van der Waals surface area contributed by atoms with Crippen molar-refractivity contribution in [1.82, 2.24) is 0 Å². The van der Waals surface area contributed by atoms with Gasteiger partial charge in [0, 0.05) is 17.0 Å². The first-order valence-corrected chi connectivity index (χ1v) is 5.27. The normalized spacial score (nSPS) is 15.6. The van der Waals surface area contributed by atoms with Gasteiger partial charge in [0.15, 0.2) is 6.29 Å². The van der Waals surface area contributed by atoms with Crippen molar-refractivity contribution in [1.29, 1.82) is 0 Å². The molecule has 1 aliphatic rings. The van der Waals surface area contributed by atoms with E-state index in [1.807, 2.05) is 0 Å². The third kappa shape index (κ3) is 3.73. The van der Waals surface area contributed by atoms with Gasteiger partial charge in [0.05, 0.1) is 19.2 Å². The molecule has 1 heterocycles. The number of benzene rings is 1. The molecule has 1 aliphatic heterocycles. The van der Waals surface area contributed by atoms with Crippen molar-refractivity contribution in [2.75, 3.05) is 13.2 Å². The fourth-order valence-corrected chi connectivity index (χ4v) is 1.85. The molecule has 0 aromatic heterocycles. The number of ether oxygens (including phenoxy) is 2. The second-order valence-corrected chi connectivity index (χ2v) is 3.88. The van der Waals surface area contributed by atoms with Crippen molar-refractivity contribution in [3.63, 3.8) is 0 Å². The number of hydrogen-bond acceptors (Lipinski definition) is 4. The monoisotopic (exact) mass is 248 g/mol. The van der Waals surface area contributed by atoms with Crippen molar-refractivity contribution < 1.29 is 38.2 Å². The van der Waals surface area contributed by atoms with Crippen LogP contribution in [0, 0.1) is 0 Å². The summed E-state index contributed by atoms with van der Waals surface area (Å²) in [6.07, 6.45) is 0.303. The van der Waals surface area contributed by atoms with E-state index in [0.717, 1.165) is 5.56 Å². The van der Waals surface area contributed by atoms with Gasteiger partial charge in [-0.05, 0) is 11.6 Å². The third-order valence-corrected chi connectivity index (χ3v) is 2.66. The minimum atomic E-state index is -1.27. The number of carbonyl (C=O) groups is 1. The van der Waals surface area contributed by atoms with Crippen LogP contribution >= 0.6 is 11.6 Å². The summed E-state index contributed by atoms with van der Waals surface area (Å²) in [5, 5.41) is 10.8. The molecule has 0 N–H and O–H groups in total. The number of rotatable bonds is 3. The molecule has 1 aromatic rings. The van der Waals surface area contributed by atoms with E-state index in [4.69, 9.17) is 21.1 Å². The molecule has 0 spiro atoms. The van der Waals surface area contributed by atoms with Crippen LogP contribution in [0.15, 0.2) is 18.2 Å². The zero-order valence-corrected chi connectivity index (χ0v) is 10.2. The fraction of sp³-hybridized carbons (Fsp3) is 0.364. The van der Waals surface area contributed by atoms with Crippen molar-refractivity contribution in [2.24, 2.45) is 0 Å². The summed E-state index contributed by atoms with van der Waals surface area (Å²) in [5.74, 6) is -1.27. The molecule has 0 radical (unpaired) electrons. The SMILES string of the molecule is O=C([O-])c1ccc(CC2OCCO2)cc1Cl.[Li+]. The van der Waals surface area contributed by atoms with Crippen LogP contribution in [0.2, 0.25) is 5.02 Å². The standard InChI is InChI=1S/C11H11ClO4.Li/c12-9-5-7(1-2-8(9)11(13)14)6-10-15-3-4-16-10;/h1-2,5,10H,3-4,6H2,(H,13,14);/q;+1/p-1. The maximum absolute atomic E-state index is 10.6. The molecule has 6 heteroatoms. The van der Waals surface area contributed by atoms with E-state index >= 15 is 0 Å². The summed E-state index contributed by atoms with van der Waals surface area (Å²) in [7, 11) is 0. The van der Waals surface area contributed by atoms with Gasteiger partial charge >= 0.3 is 18.9 Å². The summed E-state index contributed by atoms with van der Waals surface area (Å²) in [4.78, 5) is 10.6. The van der Waals surface area contributed by atoms with Crippen LogP contribution in [-0.2, 0) is 15.9 Å². The topological polar surface area (TPSA) is 58.6 Å². The summed E-state index contributed by atoms with van der Waals surface area (Å²) in [6, 6.07) is 4.71. The van der Waals surface area contributed by atoms with Crippen LogP contribution in [0.3, 0.4) is 0 Å². The fourth-order valence-electron chi connectivity index (χ4n) is 1.57. The van der Waals surface area contributed by atoms with Crippen molar-refractivity contribution in [3.8, 4) is 0 Å². The second-order valence-electron chi connectivity index (χ2n) is 3.48. The Kier molecular flexibility index (Phi) is 5.51. The van der Waals surface area contributed by atoms with Crippen molar-refractivity contribution in [3.05, 3.63) is 34.3 Å². The number of hydrogen-bond donors (Lipinski definition) is 0. The number of aromatic carboxylic acids is 1. The molecular formula is C11H10ClLiO4. The summed E-state index contributed by atoms with van der Waals surface area (Å²) in [6.45, 7) is 1.19. The van der Waals surface area contributed by atoms with Gasteiger partial charge in [-0.15, -0.1) is 0 Å². The molecule has 0 bridgehead atoms. The molecule has 2 rings (SSSR count). The van der Waals surface area contributed by atoms with Gasteiger partial charge in [0.25, 0.3) is 0 Å². The molecule has 0 amide bonds. The van der Waals surface area contributed by atoms with Crippen LogP contribution < -0.4 is 24.0 Å². The van der Waals surface area contributed by atoms with E-state index < -0.39 is 5.97 Å². The summed E-state index contributed by atoms with van der Waals surface area (Å²) >= 11 is 5.81. The predicted octanol–water partition coefficient (Wildman–Crippen LogP) is -2.38. The van der Waals surface area contributed by atoms with Gasteiger partial charge in [0.1, 0.15) is 0 Å². The van der Waals surface area contributed by atoms with Gasteiger partial charge in [-0.2, -0.15) is 0 Å². The molecule has 0 aliphatic carbocycles. The minimum Gasteiger partial charge on any atom is -0.545 e. The van der Waals surface area contributed by atoms with E-state index in [1.54, 1.807) is 12.1 Å². The van der Waals surface area contributed by atoms with Gasteiger partial charge < -0.3 is 19.4 Å². The van der Waals surface area contributed by atoms with Gasteiger partial charge in [-0.25, -0.2) is 0 Å². The number of carbonyl (C=O) groups excluding carboxylic acids is 1. The predicted molar refractivity (Wildman–Crippen MR) is 55.2 cm³/mol. The molecule has 1 aromatic carbocycles. The molecule has 1 saturated heterocycles. The third-order valence-electron chi connectivity index (χ3n) is 2.35. The zero-order valence-electron chi connectivity index (χ0n) is 9.44. The van der Waals surface area contributed by atoms with E-state index in [0.29, 0.717) is 19.6 Å². The molecule has 0 saturated carbocycles. The average Bonchev–Trinajstić information content (AvgIpc) is 2.70. The second kappa shape index (κ2) is 6.44. The first-order chi connectivity index (χ1) is 7.66. The number of carboxylic acids is 1. The van der Waals surface area contributed by atoms with Crippen LogP contribution in [0.5, 0.6) is 0 Å². The number of halogens is 1. The van der Waals surface area contributed by atoms with Crippen LogP contribution in [0.4, 0.5) is 0 Å². The van der Waals surface area contributed by atoms with Gasteiger partial charge in [-0.1, -0.05) is 23.7 Å². The average molecular weight is 249 g/mol. The summed E-state index contributed by atoms with van der Waals surface area (Å²) < 4.78 is 10.6. The zero-order chi connectivity index (χ0) is 11.5. The summed E-state index contributed by atoms with van der Waals surface area (Å²) in [5.41, 5.74) is 0.876. The number of carboxylic acid groups (broad SMARTS) is 1. The van der Waals surface area contributed by atoms with Crippen molar-refractivity contribution in [2.45, 2.75) is 12.7 Å². The Labute approximate surface area is 116 Å². The molecule has 4 nitrogen and oxygen atoms in total. The Morgan fingerprint density at radius 1 is 1.41 bits per heavy atom.